The molecule has 0 spiro atoms. The second-order valence-electron chi connectivity index (χ2n) is 7.43. The SMILES string of the molecule is Cc1ccc(-c2cc(C(=O)Nc3ccn(Cc4cccc5ccccc45)n3)no2)cc1. The number of rotatable bonds is 5. The van der Waals surface area contributed by atoms with E-state index in [4.69, 9.17) is 4.52 Å². The summed E-state index contributed by atoms with van der Waals surface area (Å²) < 4.78 is 7.14. The third-order valence-electron chi connectivity index (χ3n) is 5.17. The molecular weight excluding hydrogens is 388 g/mol. The van der Waals surface area contributed by atoms with Gasteiger partial charge in [0.25, 0.3) is 5.91 Å². The average molecular weight is 408 g/mol. The molecule has 152 valence electrons. The second kappa shape index (κ2) is 7.91. The quantitative estimate of drug-likeness (QED) is 0.428. The molecule has 0 saturated carbocycles. The van der Waals surface area contributed by atoms with Gasteiger partial charge in [0.15, 0.2) is 17.3 Å². The summed E-state index contributed by atoms with van der Waals surface area (Å²) in [5, 5.41) is 13.5. The zero-order chi connectivity index (χ0) is 21.2. The van der Waals surface area contributed by atoms with Gasteiger partial charge in [-0.05, 0) is 23.3 Å². The zero-order valence-electron chi connectivity index (χ0n) is 16.9. The molecular formula is C25H20N4O2. The first kappa shape index (κ1) is 18.8. The standard InChI is InChI=1S/C25H20N4O2/c1-17-9-11-19(12-10-17)23-15-22(28-31-23)25(30)26-24-13-14-29(27-24)16-20-7-4-6-18-5-2-3-8-21(18)20/h2-15H,16H2,1H3,(H,26,27,30). The highest BCUT2D eigenvalue weighted by Gasteiger charge is 2.15. The molecule has 0 radical (unpaired) electrons. The molecule has 5 aromatic rings. The van der Waals surface area contributed by atoms with Crippen molar-refractivity contribution in [1.29, 1.82) is 0 Å². The minimum absolute atomic E-state index is 0.208. The van der Waals surface area contributed by atoms with E-state index in [-0.39, 0.29) is 11.6 Å². The molecule has 0 saturated heterocycles. The summed E-state index contributed by atoms with van der Waals surface area (Å²) in [6.45, 7) is 2.63. The van der Waals surface area contributed by atoms with Crippen molar-refractivity contribution in [1.82, 2.24) is 14.9 Å². The van der Waals surface area contributed by atoms with E-state index >= 15 is 0 Å². The van der Waals surface area contributed by atoms with Gasteiger partial charge in [-0.15, -0.1) is 0 Å². The van der Waals surface area contributed by atoms with Crippen molar-refractivity contribution in [2.24, 2.45) is 0 Å². The average Bonchev–Trinajstić information content (AvgIpc) is 3.45. The van der Waals surface area contributed by atoms with E-state index in [9.17, 15) is 4.79 Å². The minimum atomic E-state index is -0.363. The molecule has 0 aliphatic rings. The number of hydrogen-bond acceptors (Lipinski definition) is 4. The number of benzene rings is 3. The highest BCUT2D eigenvalue weighted by Crippen LogP contribution is 2.22. The van der Waals surface area contributed by atoms with Crippen molar-refractivity contribution in [2.45, 2.75) is 13.5 Å². The lowest BCUT2D eigenvalue weighted by molar-refractivity contribution is 0.101. The lowest BCUT2D eigenvalue weighted by Crippen LogP contribution is -2.13. The van der Waals surface area contributed by atoms with Gasteiger partial charge in [0.2, 0.25) is 0 Å². The van der Waals surface area contributed by atoms with Gasteiger partial charge < -0.3 is 9.84 Å². The Kier molecular flexibility index (Phi) is 4.80. The van der Waals surface area contributed by atoms with Gasteiger partial charge in [-0.2, -0.15) is 5.10 Å². The number of anilines is 1. The molecule has 6 heteroatoms. The maximum absolute atomic E-state index is 12.6. The molecule has 6 nitrogen and oxygen atoms in total. The fourth-order valence-corrected chi connectivity index (χ4v) is 3.54. The number of nitrogens with zero attached hydrogens (tertiary/aromatic N) is 3. The summed E-state index contributed by atoms with van der Waals surface area (Å²) in [7, 11) is 0. The highest BCUT2D eigenvalue weighted by atomic mass is 16.5. The van der Waals surface area contributed by atoms with Crippen LogP contribution in [0.2, 0.25) is 0 Å². The maximum Gasteiger partial charge on any atom is 0.279 e. The first-order valence-corrected chi connectivity index (χ1v) is 10.0. The Morgan fingerprint density at radius 2 is 1.81 bits per heavy atom. The third kappa shape index (κ3) is 3.96. The lowest BCUT2D eigenvalue weighted by Gasteiger charge is -2.06. The Morgan fingerprint density at radius 3 is 2.68 bits per heavy atom. The number of aryl methyl sites for hydroxylation is 1. The fourth-order valence-electron chi connectivity index (χ4n) is 3.54. The molecule has 1 amide bonds. The molecule has 1 N–H and O–H groups in total. The molecule has 3 aromatic carbocycles. The number of carbonyl (C=O) groups excluding carboxylic acids is 1. The molecule has 0 aliphatic heterocycles. The van der Waals surface area contributed by atoms with Crippen LogP contribution in [-0.4, -0.2) is 20.8 Å². The van der Waals surface area contributed by atoms with Crippen LogP contribution in [0.3, 0.4) is 0 Å². The van der Waals surface area contributed by atoms with E-state index in [0.717, 1.165) is 11.1 Å². The Morgan fingerprint density at radius 1 is 1.00 bits per heavy atom. The van der Waals surface area contributed by atoms with Gasteiger partial charge >= 0.3 is 0 Å². The molecule has 31 heavy (non-hydrogen) atoms. The van der Waals surface area contributed by atoms with Gasteiger partial charge in [0, 0.05) is 23.9 Å². The van der Waals surface area contributed by atoms with Crippen LogP contribution in [0.5, 0.6) is 0 Å². The van der Waals surface area contributed by atoms with Crippen LogP contribution in [0.1, 0.15) is 21.6 Å². The number of aromatic nitrogens is 3. The van der Waals surface area contributed by atoms with Crippen LogP contribution in [0.25, 0.3) is 22.1 Å². The molecule has 0 unspecified atom stereocenters. The maximum atomic E-state index is 12.6. The van der Waals surface area contributed by atoms with Gasteiger partial charge in [-0.3, -0.25) is 9.48 Å². The monoisotopic (exact) mass is 408 g/mol. The Labute approximate surface area is 179 Å². The van der Waals surface area contributed by atoms with Gasteiger partial charge in [-0.1, -0.05) is 77.5 Å². The number of carbonyl (C=O) groups is 1. The Balaban J connectivity index is 1.29. The molecule has 0 aliphatic carbocycles. The first-order valence-electron chi connectivity index (χ1n) is 10.0. The highest BCUT2D eigenvalue weighted by molar-refractivity contribution is 6.02. The molecule has 2 heterocycles. The molecule has 5 rings (SSSR count). The minimum Gasteiger partial charge on any atom is -0.355 e. The van der Waals surface area contributed by atoms with E-state index in [1.165, 1.54) is 16.3 Å². The van der Waals surface area contributed by atoms with E-state index < -0.39 is 0 Å². The van der Waals surface area contributed by atoms with Crippen LogP contribution >= 0.6 is 0 Å². The summed E-state index contributed by atoms with van der Waals surface area (Å²) in [4.78, 5) is 12.6. The second-order valence-corrected chi connectivity index (χ2v) is 7.43. The van der Waals surface area contributed by atoms with E-state index in [1.807, 2.05) is 55.6 Å². The summed E-state index contributed by atoms with van der Waals surface area (Å²) >= 11 is 0. The summed E-state index contributed by atoms with van der Waals surface area (Å²) in [5.74, 6) is 0.647. The molecule has 0 bridgehead atoms. The topological polar surface area (TPSA) is 73.0 Å². The van der Waals surface area contributed by atoms with Crippen LogP contribution in [0, 0.1) is 6.92 Å². The third-order valence-corrected chi connectivity index (χ3v) is 5.17. The van der Waals surface area contributed by atoms with Crippen LogP contribution in [0.15, 0.2) is 89.6 Å². The Hall–Kier alpha value is -4.19. The number of fused-ring (bicyclic) bond motifs is 1. The largest absolute Gasteiger partial charge is 0.355 e. The fraction of sp³-hybridized carbons (Fsp3) is 0.0800. The summed E-state index contributed by atoms with van der Waals surface area (Å²) in [5.41, 5.74) is 3.40. The predicted octanol–water partition coefficient (Wildman–Crippen LogP) is 5.30. The first-order chi connectivity index (χ1) is 15.2. The number of amides is 1. The Bertz CT molecular complexity index is 1360. The van der Waals surface area contributed by atoms with Crippen molar-refractivity contribution in [3.05, 3.63) is 102 Å². The number of hydrogen-bond donors (Lipinski definition) is 1. The zero-order valence-corrected chi connectivity index (χ0v) is 16.9. The number of nitrogens with one attached hydrogen (secondary N) is 1. The predicted molar refractivity (Wildman–Crippen MR) is 120 cm³/mol. The molecule has 2 aromatic heterocycles. The van der Waals surface area contributed by atoms with Crippen molar-refractivity contribution >= 4 is 22.5 Å². The molecule has 0 fully saturated rings. The molecule has 0 atom stereocenters. The van der Waals surface area contributed by atoms with Crippen LogP contribution < -0.4 is 5.32 Å². The normalized spacial score (nSPS) is 11.0. The van der Waals surface area contributed by atoms with Crippen molar-refractivity contribution in [3.63, 3.8) is 0 Å². The van der Waals surface area contributed by atoms with Crippen LogP contribution in [-0.2, 0) is 6.54 Å². The van der Waals surface area contributed by atoms with Crippen molar-refractivity contribution in [2.75, 3.05) is 5.32 Å². The smallest absolute Gasteiger partial charge is 0.279 e. The van der Waals surface area contributed by atoms with Gasteiger partial charge in [0.1, 0.15) is 0 Å². The van der Waals surface area contributed by atoms with E-state index in [0.29, 0.717) is 18.1 Å². The van der Waals surface area contributed by atoms with Crippen molar-refractivity contribution in [3.8, 4) is 11.3 Å². The summed E-state index contributed by atoms with van der Waals surface area (Å²) in [6.07, 6.45) is 1.85. The van der Waals surface area contributed by atoms with Gasteiger partial charge in [0.05, 0.1) is 6.54 Å². The van der Waals surface area contributed by atoms with Crippen LogP contribution in [0.4, 0.5) is 5.82 Å². The van der Waals surface area contributed by atoms with E-state index in [1.54, 1.807) is 16.8 Å². The van der Waals surface area contributed by atoms with Crippen molar-refractivity contribution < 1.29 is 9.32 Å². The van der Waals surface area contributed by atoms with Gasteiger partial charge in [-0.25, -0.2) is 0 Å². The summed E-state index contributed by atoms with van der Waals surface area (Å²) in [6, 6.07) is 25.7. The lowest BCUT2D eigenvalue weighted by atomic mass is 10.0. The van der Waals surface area contributed by atoms with E-state index in [2.05, 4.69) is 39.8 Å².